The Morgan fingerprint density at radius 1 is 1.13 bits per heavy atom. The summed E-state index contributed by atoms with van der Waals surface area (Å²) in [4.78, 5) is 23.7. The Labute approximate surface area is 173 Å². The van der Waals surface area contributed by atoms with E-state index in [9.17, 15) is 18.0 Å². The third kappa shape index (κ3) is 4.54. The molecular weight excluding hydrogens is 413 g/mol. The van der Waals surface area contributed by atoms with Crippen LogP contribution in [0, 0.1) is 5.82 Å². The molecular formula is C20H20FN3O5S. The predicted octanol–water partition coefficient (Wildman–Crippen LogP) is 2.99. The normalized spacial score (nSPS) is 18.2. The van der Waals surface area contributed by atoms with Crippen molar-refractivity contribution in [3.05, 3.63) is 48.3 Å². The number of hydrogen-bond acceptors (Lipinski definition) is 7. The number of ether oxygens (including phenoxy) is 1. The summed E-state index contributed by atoms with van der Waals surface area (Å²) in [5.41, 5.74) is 0.419. The third-order valence-electron chi connectivity index (χ3n) is 4.46. The number of hydrogen-bond donors (Lipinski definition) is 1. The molecule has 0 spiro atoms. The maximum absolute atomic E-state index is 15.1. The fourth-order valence-electron chi connectivity index (χ4n) is 3.08. The molecule has 2 aromatic carbocycles. The highest BCUT2D eigenvalue weighted by Crippen LogP contribution is 2.33. The van der Waals surface area contributed by atoms with Crippen LogP contribution in [-0.4, -0.2) is 45.2 Å². The number of halogens is 1. The van der Waals surface area contributed by atoms with Gasteiger partial charge in [-0.05, 0) is 18.6 Å². The number of anilines is 1. The topological polar surface area (TPSA) is 114 Å². The van der Waals surface area contributed by atoms with Crippen molar-refractivity contribution in [3.8, 4) is 11.1 Å². The van der Waals surface area contributed by atoms with Crippen LogP contribution in [0.4, 0.5) is 10.1 Å². The Kier molecular flexibility index (Phi) is 6.25. The second kappa shape index (κ2) is 8.70. The molecule has 10 heteroatoms. The van der Waals surface area contributed by atoms with E-state index in [-0.39, 0.29) is 24.3 Å². The van der Waals surface area contributed by atoms with Crippen molar-refractivity contribution in [2.45, 2.75) is 30.3 Å². The van der Waals surface area contributed by atoms with Crippen molar-refractivity contribution in [1.29, 1.82) is 0 Å². The molecule has 0 aliphatic carbocycles. The number of benzene rings is 2. The average Bonchev–Trinajstić information content (AvgIpc) is 3.20. The first-order valence-electron chi connectivity index (χ1n) is 9.17. The van der Waals surface area contributed by atoms with Gasteiger partial charge in [0.05, 0.1) is 12.3 Å². The molecule has 1 amide bonds. The van der Waals surface area contributed by atoms with Gasteiger partial charge in [-0.1, -0.05) is 36.4 Å². The Morgan fingerprint density at radius 2 is 1.80 bits per heavy atom. The maximum Gasteiger partial charge on any atom is 0.332 e. The van der Waals surface area contributed by atoms with Crippen molar-refractivity contribution in [3.63, 3.8) is 0 Å². The third-order valence-corrected chi connectivity index (χ3v) is 5.60. The van der Waals surface area contributed by atoms with Crippen molar-refractivity contribution in [2.75, 3.05) is 18.2 Å². The van der Waals surface area contributed by atoms with Gasteiger partial charge >= 0.3 is 5.97 Å². The summed E-state index contributed by atoms with van der Waals surface area (Å²) < 4.78 is 44.6. The van der Waals surface area contributed by atoms with Crippen molar-refractivity contribution in [1.82, 2.24) is 0 Å². The van der Waals surface area contributed by atoms with Gasteiger partial charge in [0.2, 0.25) is 0 Å². The lowest BCUT2D eigenvalue weighted by molar-refractivity contribution is -0.144. The highest BCUT2D eigenvalue weighted by Gasteiger charge is 2.34. The number of nitrogens with one attached hydrogen (secondary N) is 1. The number of sulfone groups is 1. The Hall–Kier alpha value is -3.14. The molecule has 2 aromatic rings. The summed E-state index contributed by atoms with van der Waals surface area (Å²) in [5, 5.41) is 9.84. The van der Waals surface area contributed by atoms with Crippen LogP contribution in [0.15, 0.2) is 57.6 Å². The molecule has 0 saturated heterocycles. The zero-order valence-electron chi connectivity index (χ0n) is 16.3. The van der Waals surface area contributed by atoms with Gasteiger partial charge in [0, 0.05) is 18.2 Å². The predicted molar refractivity (Wildman–Crippen MR) is 107 cm³/mol. The van der Waals surface area contributed by atoms with Gasteiger partial charge in [-0.15, -0.1) is 0 Å². The summed E-state index contributed by atoms with van der Waals surface area (Å²) in [6.45, 7) is 1.82. The molecule has 0 fully saturated rings. The average molecular weight is 433 g/mol. The number of carbonyl (C=O) groups is 2. The van der Waals surface area contributed by atoms with Gasteiger partial charge in [0.25, 0.3) is 5.91 Å². The molecule has 0 bridgehead atoms. The lowest BCUT2D eigenvalue weighted by Crippen LogP contribution is -2.29. The maximum atomic E-state index is 15.1. The Bertz CT molecular complexity index is 1100. The van der Waals surface area contributed by atoms with Gasteiger partial charge in [-0.25, -0.2) is 17.6 Å². The van der Waals surface area contributed by atoms with Crippen molar-refractivity contribution in [2.24, 2.45) is 10.2 Å². The van der Waals surface area contributed by atoms with Crippen LogP contribution in [0.5, 0.6) is 0 Å². The highest BCUT2D eigenvalue weighted by atomic mass is 32.2. The molecule has 0 radical (unpaired) electrons. The molecule has 3 rings (SSSR count). The van der Waals surface area contributed by atoms with E-state index in [1.54, 1.807) is 37.3 Å². The molecule has 8 nitrogen and oxygen atoms in total. The van der Waals surface area contributed by atoms with Crippen LogP contribution in [0.2, 0.25) is 0 Å². The number of azo groups is 1. The smallest absolute Gasteiger partial charge is 0.332 e. The van der Waals surface area contributed by atoms with Gasteiger partial charge in [-0.3, -0.25) is 4.79 Å². The van der Waals surface area contributed by atoms with E-state index in [0.29, 0.717) is 5.56 Å². The summed E-state index contributed by atoms with van der Waals surface area (Å²) in [6.07, 6.45) is 0.895. The first-order valence-corrected chi connectivity index (χ1v) is 11.1. The number of carbonyl (C=O) groups excluding carboxylic acids is 2. The summed E-state index contributed by atoms with van der Waals surface area (Å²) in [5.74, 6) is -2.35. The Morgan fingerprint density at radius 3 is 2.43 bits per heavy atom. The fourth-order valence-corrected chi connectivity index (χ4v) is 4.11. The fraction of sp³-hybridized carbons (Fsp3) is 0.300. The second-order valence-electron chi connectivity index (χ2n) is 6.68. The molecule has 158 valence electrons. The van der Waals surface area contributed by atoms with Gasteiger partial charge in [0.15, 0.2) is 27.7 Å². The number of rotatable bonds is 6. The minimum Gasteiger partial charge on any atom is -0.464 e. The van der Waals surface area contributed by atoms with Crippen molar-refractivity contribution >= 4 is 27.4 Å². The zero-order valence-corrected chi connectivity index (χ0v) is 17.1. The molecule has 2 atom stereocenters. The highest BCUT2D eigenvalue weighted by molar-refractivity contribution is 7.90. The molecule has 2 unspecified atom stereocenters. The van der Waals surface area contributed by atoms with E-state index in [0.717, 1.165) is 6.26 Å². The van der Waals surface area contributed by atoms with Gasteiger partial charge in [0.1, 0.15) is 4.90 Å². The van der Waals surface area contributed by atoms with Crippen LogP contribution in [0.3, 0.4) is 0 Å². The van der Waals surface area contributed by atoms with Crippen LogP contribution in [0.25, 0.3) is 11.1 Å². The first kappa shape index (κ1) is 21.6. The summed E-state index contributed by atoms with van der Waals surface area (Å²) >= 11 is 0. The van der Waals surface area contributed by atoms with Gasteiger partial charge in [-0.2, -0.15) is 10.2 Å². The quantitative estimate of drug-likeness (QED) is 0.704. The summed E-state index contributed by atoms with van der Waals surface area (Å²) in [7, 11) is -3.95. The largest absolute Gasteiger partial charge is 0.464 e. The molecule has 30 heavy (non-hydrogen) atoms. The molecule has 1 aliphatic rings. The van der Waals surface area contributed by atoms with E-state index in [2.05, 4.69) is 15.5 Å². The van der Waals surface area contributed by atoms with Gasteiger partial charge < -0.3 is 10.1 Å². The van der Waals surface area contributed by atoms with Crippen molar-refractivity contribution < 1.29 is 27.1 Å². The lowest BCUT2D eigenvalue weighted by Gasteiger charge is -2.15. The van der Waals surface area contributed by atoms with E-state index >= 15 is 4.39 Å². The lowest BCUT2D eigenvalue weighted by atomic mass is 10.0. The van der Waals surface area contributed by atoms with E-state index < -0.39 is 44.5 Å². The molecule has 1 heterocycles. The van der Waals surface area contributed by atoms with Crippen LogP contribution in [0.1, 0.15) is 13.3 Å². The van der Waals surface area contributed by atoms with Crippen LogP contribution in [-0.2, 0) is 24.2 Å². The summed E-state index contributed by atoms with van der Waals surface area (Å²) in [6, 6.07) is 9.33. The molecule has 0 saturated carbocycles. The number of esters is 1. The second-order valence-corrected chi connectivity index (χ2v) is 8.63. The molecule has 1 N–H and O–H groups in total. The minimum absolute atomic E-state index is 0.00663. The standard InChI is InChI=1S/C20H20FN3O5S/c1-3-29-20(26)16-11-15(23-24-16)19(25)22-14-10-9-13(12-7-5-4-6-8-12)18(17(14)21)30(2,27)28/h4-10,15-16H,3,11H2,1-2H3,(H,22,25). The minimum atomic E-state index is -3.95. The van der Waals surface area contributed by atoms with E-state index in [1.807, 2.05) is 0 Å². The van der Waals surface area contributed by atoms with Crippen LogP contribution < -0.4 is 5.32 Å². The SMILES string of the molecule is CCOC(=O)C1CC(C(=O)Nc2ccc(-c3ccccc3)c(S(C)(=O)=O)c2F)N=N1. The number of nitrogens with zero attached hydrogens (tertiary/aromatic N) is 2. The Balaban J connectivity index is 1.87. The van der Waals surface area contributed by atoms with Crippen LogP contribution >= 0.6 is 0 Å². The monoisotopic (exact) mass is 433 g/mol. The van der Waals surface area contributed by atoms with E-state index in [4.69, 9.17) is 4.74 Å². The molecule has 0 aromatic heterocycles. The zero-order chi connectivity index (χ0) is 21.9. The first-order chi connectivity index (χ1) is 14.2. The van der Waals surface area contributed by atoms with E-state index in [1.165, 1.54) is 12.1 Å². The molecule has 1 aliphatic heterocycles. The number of amides is 1.